The Kier molecular flexibility index (Phi) is 4.01. The Bertz CT molecular complexity index is 658. The molecule has 0 bridgehead atoms. The van der Waals surface area contributed by atoms with Crippen LogP contribution in [0.15, 0.2) is 46.7 Å². The zero-order valence-electron chi connectivity index (χ0n) is 10.3. The van der Waals surface area contributed by atoms with Gasteiger partial charge in [0.15, 0.2) is 9.84 Å². The fourth-order valence-corrected chi connectivity index (χ4v) is 2.90. The zero-order valence-corrected chi connectivity index (χ0v) is 11.9. The van der Waals surface area contributed by atoms with Crippen molar-refractivity contribution in [2.75, 3.05) is 11.6 Å². The summed E-state index contributed by atoms with van der Waals surface area (Å²) in [6, 6.07) is 9.93. The smallest absolute Gasteiger partial charge is 0.229 e. The Hall–Kier alpha value is -1.66. The molecule has 0 aliphatic heterocycles. The van der Waals surface area contributed by atoms with Crippen molar-refractivity contribution < 1.29 is 13.2 Å². The van der Waals surface area contributed by atoms with Gasteiger partial charge in [0.1, 0.15) is 0 Å². The SMILES string of the molecule is CS(=O)(=O)c1ccc(NC(=O)Cc2cccs2)cc1. The van der Waals surface area contributed by atoms with Crippen LogP contribution in [-0.2, 0) is 21.1 Å². The molecule has 2 aromatic rings. The highest BCUT2D eigenvalue weighted by Crippen LogP contribution is 2.15. The van der Waals surface area contributed by atoms with Crippen LogP contribution in [0.1, 0.15) is 4.88 Å². The summed E-state index contributed by atoms with van der Waals surface area (Å²) in [6.45, 7) is 0. The standard InChI is InChI=1S/C13H13NO3S2/c1-19(16,17)12-6-4-10(5-7-12)14-13(15)9-11-3-2-8-18-11/h2-8H,9H2,1H3,(H,14,15). The molecule has 1 aromatic carbocycles. The highest BCUT2D eigenvalue weighted by molar-refractivity contribution is 7.90. The van der Waals surface area contributed by atoms with E-state index in [0.717, 1.165) is 11.1 Å². The number of hydrogen-bond donors (Lipinski definition) is 1. The molecule has 0 radical (unpaired) electrons. The summed E-state index contributed by atoms with van der Waals surface area (Å²) in [5.41, 5.74) is 0.592. The molecule has 6 heteroatoms. The van der Waals surface area contributed by atoms with Gasteiger partial charge in [0.2, 0.25) is 5.91 Å². The number of thiophene rings is 1. The molecule has 0 atom stereocenters. The molecule has 1 N–H and O–H groups in total. The maximum absolute atomic E-state index is 11.7. The third kappa shape index (κ3) is 3.90. The van der Waals surface area contributed by atoms with Gasteiger partial charge in [-0.05, 0) is 35.7 Å². The summed E-state index contributed by atoms with van der Waals surface area (Å²) in [7, 11) is -3.20. The molecule has 0 saturated heterocycles. The van der Waals surface area contributed by atoms with Crippen LogP contribution in [0.3, 0.4) is 0 Å². The molecule has 19 heavy (non-hydrogen) atoms. The monoisotopic (exact) mass is 295 g/mol. The molecular weight excluding hydrogens is 282 g/mol. The molecule has 4 nitrogen and oxygen atoms in total. The van der Waals surface area contributed by atoms with E-state index >= 15 is 0 Å². The number of benzene rings is 1. The first kappa shape index (κ1) is 13.8. The minimum Gasteiger partial charge on any atom is -0.326 e. The van der Waals surface area contributed by atoms with Crippen molar-refractivity contribution in [3.05, 3.63) is 46.7 Å². The Morgan fingerprint density at radius 3 is 2.42 bits per heavy atom. The van der Waals surface area contributed by atoms with E-state index in [0.29, 0.717) is 12.1 Å². The molecule has 2 rings (SSSR count). The second-order valence-electron chi connectivity index (χ2n) is 4.10. The third-order valence-electron chi connectivity index (χ3n) is 2.48. The van der Waals surface area contributed by atoms with E-state index in [1.165, 1.54) is 23.5 Å². The number of carbonyl (C=O) groups excluding carboxylic acids is 1. The number of amides is 1. The first-order chi connectivity index (χ1) is 8.95. The zero-order chi connectivity index (χ0) is 13.9. The second-order valence-corrected chi connectivity index (χ2v) is 7.15. The first-order valence-electron chi connectivity index (χ1n) is 5.57. The molecule has 1 amide bonds. The molecule has 0 unspecified atom stereocenters. The van der Waals surface area contributed by atoms with Gasteiger partial charge in [-0.1, -0.05) is 6.07 Å². The number of sulfone groups is 1. The lowest BCUT2D eigenvalue weighted by Crippen LogP contribution is -2.13. The summed E-state index contributed by atoms with van der Waals surface area (Å²) < 4.78 is 22.6. The predicted molar refractivity (Wildman–Crippen MR) is 76.2 cm³/mol. The minimum absolute atomic E-state index is 0.116. The number of hydrogen-bond acceptors (Lipinski definition) is 4. The highest BCUT2D eigenvalue weighted by atomic mass is 32.2. The van der Waals surface area contributed by atoms with Crippen LogP contribution in [0.2, 0.25) is 0 Å². The molecule has 100 valence electrons. The van der Waals surface area contributed by atoms with Gasteiger partial charge in [0.05, 0.1) is 11.3 Å². The second kappa shape index (κ2) is 5.54. The lowest BCUT2D eigenvalue weighted by Gasteiger charge is -2.05. The number of nitrogens with one attached hydrogen (secondary N) is 1. The van der Waals surface area contributed by atoms with Crippen LogP contribution in [0.25, 0.3) is 0 Å². The molecule has 0 aliphatic carbocycles. The average molecular weight is 295 g/mol. The van der Waals surface area contributed by atoms with Crippen LogP contribution in [-0.4, -0.2) is 20.6 Å². The van der Waals surface area contributed by atoms with Crippen molar-refractivity contribution in [2.45, 2.75) is 11.3 Å². The highest BCUT2D eigenvalue weighted by Gasteiger charge is 2.08. The van der Waals surface area contributed by atoms with Crippen LogP contribution in [0, 0.1) is 0 Å². The maximum atomic E-state index is 11.7. The van der Waals surface area contributed by atoms with Gasteiger partial charge in [-0.25, -0.2) is 8.42 Å². The quantitative estimate of drug-likeness (QED) is 0.941. The fourth-order valence-electron chi connectivity index (χ4n) is 1.56. The van der Waals surface area contributed by atoms with E-state index in [9.17, 15) is 13.2 Å². The van der Waals surface area contributed by atoms with Gasteiger partial charge in [0, 0.05) is 16.8 Å². The van der Waals surface area contributed by atoms with E-state index in [1.807, 2.05) is 17.5 Å². The first-order valence-corrected chi connectivity index (χ1v) is 8.34. The topological polar surface area (TPSA) is 63.2 Å². The number of anilines is 1. The maximum Gasteiger partial charge on any atom is 0.229 e. The molecule has 0 spiro atoms. The van der Waals surface area contributed by atoms with E-state index in [2.05, 4.69) is 5.32 Å². The third-order valence-corrected chi connectivity index (χ3v) is 4.49. The summed E-state index contributed by atoms with van der Waals surface area (Å²) in [6.07, 6.45) is 1.48. The van der Waals surface area contributed by atoms with E-state index < -0.39 is 9.84 Å². The Morgan fingerprint density at radius 2 is 1.89 bits per heavy atom. The van der Waals surface area contributed by atoms with E-state index in [1.54, 1.807) is 12.1 Å². The predicted octanol–water partition coefficient (Wildman–Crippen LogP) is 2.33. The molecule has 1 heterocycles. The van der Waals surface area contributed by atoms with Gasteiger partial charge >= 0.3 is 0 Å². The summed E-state index contributed by atoms with van der Waals surface area (Å²) in [5, 5.41) is 4.65. The van der Waals surface area contributed by atoms with E-state index in [-0.39, 0.29) is 10.8 Å². The average Bonchev–Trinajstić information content (AvgIpc) is 2.81. The molecule has 1 aromatic heterocycles. The van der Waals surface area contributed by atoms with Crippen LogP contribution >= 0.6 is 11.3 Å². The van der Waals surface area contributed by atoms with Gasteiger partial charge in [-0.2, -0.15) is 0 Å². The normalized spacial score (nSPS) is 11.2. The van der Waals surface area contributed by atoms with E-state index in [4.69, 9.17) is 0 Å². The lowest BCUT2D eigenvalue weighted by atomic mass is 10.3. The molecular formula is C13H13NO3S2. The molecule has 0 aliphatic rings. The van der Waals surface area contributed by atoms with Crippen LogP contribution in [0.5, 0.6) is 0 Å². The van der Waals surface area contributed by atoms with Crippen LogP contribution < -0.4 is 5.32 Å². The van der Waals surface area contributed by atoms with Gasteiger partial charge in [-0.15, -0.1) is 11.3 Å². The van der Waals surface area contributed by atoms with Crippen LogP contribution in [0.4, 0.5) is 5.69 Å². The van der Waals surface area contributed by atoms with Gasteiger partial charge in [0.25, 0.3) is 0 Å². The summed E-state index contributed by atoms with van der Waals surface area (Å²) >= 11 is 1.53. The Morgan fingerprint density at radius 1 is 1.21 bits per heavy atom. The van der Waals surface area contributed by atoms with Gasteiger partial charge < -0.3 is 5.32 Å². The molecule has 0 saturated carbocycles. The summed E-state index contributed by atoms with van der Waals surface area (Å²) in [5.74, 6) is -0.116. The van der Waals surface area contributed by atoms with Crippen molar-refractivity contribution in [3.8, 4) is 0 Å². The van der Waals surface area contributed by atoms with Crippen molar-refractivity contribution >= 4 is 32.8 Å². The number of carbonyl (C=O) groups is 1. The van der Waals surface area contributed by atoms with Crippen molar-refractivity contribution in [1.82, 2.24) is 0 Å². The summed E-state index contributed by atoms with van der Waals surface area (Å²) in [4.78, 5) is 13.0. The van der Waals surface area contributed by atoms with Crippen molar-refractivity contribution in [2.24, 2.45) is 0 Å². The Labute approximate surface area is 116 Å². The van der Waals surface area contributed by atoms with Gasteiger partial charge in [-0.3, -0.25) is 4.79 Å². The lowest BCUT2D eigenvalue weighted by molar-refractivity contribution is -0.115. The Balaban J connectivity index is 2.02. The fraction of sp³-hybridized carbons (Fsp3) is 0.154. The van der Waals surface area contributed by atoms with Crippen molar-refractivity contribution in [3.63, 3.8) is 0 Å². The molecule has 0 fully saturated rings. The number of rotatable bonds is 4. The largest absolute Gasteiger partial charge is 0.326 e. The minimum atomic E-state index is -3.20. The van der Waals surface area contributed by atoms with Crippen molar-refractivity contribution in [1.29, 1.82) is 0 Å².